The molecule has 44 heavy (non-hydrogen) atoms. The van der Waals surface area contributed by atoms with Crippen LogP contribution in [0.2, 0.25) is 0 Å². The average Bonchev–Trinajstić information content (AvgIpc) is 3.04. The van der Waals surface area contributed by atoms with Crippen LogP contribution in [0.4, 0.5) is 5.69 Å². The van der Waals surface area contributed by atoms with Gasteiger partial charge in [0, 0.05) is 37.7 Å². The summed E-state index contributed by atoms with van der Waals surface area (Å²) >= 11 is 0. The first-order valence-corrected chi connectivity index (χ1v) is 15.6. The number of guanidine groups is 1. The third-order valence-corrected chi connectivity index (χ3v) is 8.03. The molecule has 0 radical (unpaired) electrons. The summed E-state index contributed by atoms with van der Waals surface area (Å²) in [7, 11) is 1.53. The number of fused-ring (bicyclic) bond motifs is 1. The van der Waals surface area contributed by atoms with E-state index in [1.807, 2.05) is 88.7 Å². The Bertz CT molecular complexity index is 1350. The summed E-state index contributed by atoms with van der Waals surface area (Å²) in [4.78, 5) is 39.8. The van der Waals surface area contributed by atoms with Crippen LogP contribution in [0.15, 0.2) is 83.9 Å². The number of benzene rings is 3. The number of hydrogen-bond acceptors (Lipinski definition) is 7. The van der Waals surface area contributed by atoms with Crippen LogP contribution in [0.25, 0.3) is 0 Å². The van der Waals surface area contributed by atoms with Gasteiger partial charge in [-0.15, -0.1) is 0 Å². The first-order chi connectivity index (χ1) is 21.6. The van der Waals surface area contributed by atoms with E-state index in [-0.39, 0.29) is 24.4 Å². The second kappa shape index (κ2) is 15.9. The van der Waals surface area contributed by atoms with Crippen molar-refractivity contribution in [1.29, 1.82) is 0 Å². The van der Waals surface area contributed by atoms with Crippen molar-refractivity contribution in [2.75, 3.05) is 20.3 Å². The summed E-state index contributed by atoms with van der Waals surface area (Å²) in [6, 6.07) is 26.2. The Morgan fingerprint density at radius 1 is 0.932 bits per heavy atom. The molecule has 9 heteroatoms. The molecular weight excluding hydrogens is 554 g/mol. The van der Waals surface area contributed by atoms with E-state index in [2.05, 4.69) is 15.8 Å². The fraction of sp³-hybridized carbons (Fsp3) is 0.400. The summed E-state index contributed by atoms with van der Waals surface area (Å²) in [5.41, 5.74) is 6.79. The lowest BCUT2D eigenvalue weighted by atomic mass is 9.95. The highest BCUT2D eigenvalue weighted by Crippen LogP contribution is 2.30. The van der Waals surface area contributed by atoms with Gasteiger partial charge >= 0.3 is 0 Å². The predicted molar refractivity (Wildman–Crippen MR) is 171 cm³/mol. The molecule has 1 fully saturated rings. The number of carbonyl (C=O) groups excluding carboxylic acids is 2. The fourth-order valence-corrected chi connectivity index (χ4v) is 5.77. The van der Waals surface area contributed by atoms with Crippen LogP contribution in [0.5, 0.6) is 5.75 Å². The predicted octanol–water partition coefficient (Wildman–Crippen LogP) is 5.48. The van der Waals surface area contributed by atoms with E-state index in [1.54, 1.807) is 0 Å². The molecule has 3 aromatic rings. The minimum Gasteiger partial charge on any atom is -0.494 e. The second-order valence-corrected chi connectivity index (χ2v) is 11.5. The summed E-state index contributed by atoms with van der Waals surface area (Å²) < 4.78 is 6.07. The molecule has 1 aliphatic carbocycles. The standard InChI is InChI=1S/C35H43N5O4/c1-43-38-35-37-32-20-19-31(22-29(32)25-40(35)26-33(41)36-30-16-9-4-10-17-30)44-21-11-18-34(42)39(23-27-12-5-2-6-13-27)24-28-14-7-3-8-15-28/h2-3,5-8,12-15,19-20,22,30H,4,9-11,16-18,21,23-26H2,1H3,(H,36,41)(H,37,38). The van der Waals surface area contributed by atoms with Gasteiger partial charge in [0.05, 0.1) is 19.4 Å². The van der Waals surface area contributed by atoms with E-state index in [1.165, 1.54) is 13.5 Å². The van der Waals surface area contributed by atoms with Crippen LogP contribution in [0.3, 0.4) is 0 Å². The zero-order valence-corrected chi connectivity index (χ0v) is 25.5. The van der Waals surface area contributed by atoms with Gasteiger partial charge in [0.15, 0.2) is 0 Å². The van der Waals surface area contributed by atoms with Crippen molar-refractivity contribution < 1.29 is 19.2 Å². The maximum absolute atomic E-state index is 13.3. The lowest BCUT2D eigenvalue weighted by Crippen LogP contribution is -2.48. The number of carbonyl (C=O) groups is 2. The molecule has 232 valence electrons. The number of amides is 2. The third-order valence-electron chi connectivity index (χ3n) is 8.03. The SMILES string of the molecule is CONC1=Nc2ccc(OCCCC(=O)N(Cc3ccccc3)Cc3ccccc3)cc2CN1CC(=O)NC1CCCCC1. The molecule has 0 unspecified atom stereocenters. The number of aliphatic imine (C=N–C) groups is 1. The lowest BCUT2D eigenvalue weighted by molar-refractivity contribution is -0.132. The highest BCUT2D eigenvalue weighted by molar-refractivity contribution is 5.89. The van der Waals surface area contributed by atoms with Gasteiger partial charge in [-0.25, -0.2) is 10.5 Å². The first kappa shape index (κ1) is 31.1. The smallest absolute Gasteiger partial charge is 0.239 e. The van der Waals surface area contributed by atoms with Gasteiger partial charge in [0.2, 0.25) is 17.8 Å². The van der Waals surface area contributed by atoms with Crippen molar-refractivity contribution >= 4 is 23.5 Å². The van der Waals surface area contributed by atoms with Gasteiger partial charge < -0.3 is 19.9 Å². The highest BCUT2D eigenvalue weighted by atomic mass is 16.6. The van der Waals surface area contributed by atoms with E-state index in [0.717, 1.165) is 48.1 Å². The zero-order chi connectivity index (χ0) is 30.6. The molecule has 5 rings (SSSR count). The molecule has 1 heterocycles. The molecule has 0 aromatic heterocycles. The molecule has 2 N–H and O–H groups in total. The Hall–Kier alpha value is -4.37. The Labute approximate surface area is 260 Å². The Balaban J connectivity index is 1.15. The van der Waals surface area contributed by atoms with Gasteiger partial charge in [0.25, 0.3) is 0 Å². The molecule has 2 aliphatic rings. The van der Waals surface area contributed by atoms with Crippen molar-refractivity contribution in [2.45, 2.75) is 70.6 Å². The summed E-state index contributed by atoms with van der Waals surface area (Å²) in [5.74, 6) is 1.30. The fourth-order valence-electron chi connectivity index (χ4n) is 5.77. The molecule has 9 nitrogen and oxygen atoms in total. The van der Waals surface area contributed by atoms with Crippen LogP contribution in [0.1, 0.15) is 61.6 Å². The molecule has 3 aromatic carbocycles. The molecule has 2 amide bonds. The molecule has 1 saturated carbocycles. The number of rotatable bonds is 13. The number of nitrogens with zero attached hydrogens (tertiary/aromatic N) is 3. The summed E-state index contributed by atoms with van der Waals surface area (Å²) in [6.07, 6.45) is 6.64. The van der Waals surface area contributed by atoms with Crippen LogP contribution in [-0.4, -0.2) is 53.9 Å². The summed E-state index contributed by atoms with van der Waals surface area (Å²) in [5, 5.41) is 3.18. The zero-order valence-electron chi connectivity index (χ0n) is 25.5. The summed E-state index contributed by atoms with van der Waals surface area (Å²) in [6.45, 7) is 2.22. The van der Waals surface area contributed by atoms with Gasteiger partial charge in [0.1, 0.15) is 12.3 Å². The van der Waals surface area contributed by atoms with E-state index in [0.29, 0.717) is 50.8 Å². The van der Waals surface area contributed by atoms with Crippen LogP contribution in [0, 0.1) is 0 Å². The number of hydroxylamine groups is 1. The van der Waals surface area contributed by atoms with Crippen molar-refractivity contribution in [3.8, 4) is 5.75 Å². The van der Waals surface area contributed by atoms with Gasteiger partial charge in [-0.2, -0.15) is 0 Å². The molecule has 0 atom stereocenters. The monoisotopic (exact) mass is 597 g/mol. The average molecular weight is 598 g/mol. The maximum Gasteiger partial charge on any atom is 0.239 e. The van der Waals surface area contributed by atoms with Gasteiger partial charge in [-0.05, 0) is 48.6 Å². The first-order valence-electron chi connectivity index (χ1n) is 15.6. The topological polar surface area (TPSA) is 95.5 Å². The second-order valence-electron chi connectivity index (χ2n) is 11.5. The maximum atomic E-state index is 13.3. The van der Waals surface area contributed by atoms with E-state index in [4.69, 9.17) is 9.57 Å². The van der Waals surface area contributed by atoms with Crippen molar-refractivity contribution in [3.05, 3.63) is 95.6 Å². The lowest BCUT2D eigenvalue weighted by Gasteiger charge is -2.31. The number of nitrogens with one attached hydrogen (secondary N) is 2. The highest BCUT2D eigenvalue weighted by Gasteiger charge is 2.24. The molecule has 0 spiro atoms. The molecule has 1 aliphatic heterocycles. The molecule has 0 saturated heterocycles. The van der Waals surface area contributed by atoms with Crippen molar-refractivity contribution in [2.24, 2.45) is 4.99 Å². The quantitative estimate of drug-likeness (QED) is 0.200. The van der Waals surface area contributed by atoms with Crippen LogP contribution < -0.4 is 15.5 Å². The largest absolute Gasteiger partial charge is 0.494 e. The normalized spacial score (nSPS) is 14.8. The third kappa shape index (κ3) is 9.07. The van der Waals surface area contributed by atoms with E-state index >= 15 is 0 Å². The minimum atomic E-state index is -0.0170. The number of hydrogen-bond donors (Lipinski definition) is 2. The van der Waals surface area contributed by atoms with Crippen LogP contribution >= 0.6 is 0 Å². The Kier molecular flexibility index (Phi) is 11.2. The van der Waals surface area contributed by atoms with Gasteiger partial charge in [-0.1, -0.05) is 79.9 Å². The number of ether oxygens (including phenoxy) is 1. The van der Waals surface area contributed by atoms with E-state index < -0.39 is 0 Å². The molecular formula is C35H43N5O4. The minimum absolute atomic E-state index is 0.0170. The Morgan fingerprint density at radius 2 is 1.61 bits per heavy atom. The molecule has 0 bridgehead atoms. The Morgan fingerprint density at radius 3 is 2.27 bits per heavy atom. The van der Waals surface area contributed by atoms with Crippen molar-refractivity contribution in [3.63, 3.8) is 0 Å². The van der Waals surface area contributed by atoms with Crippen LogP contribution in [-0.2, 0) is 34.1 Å². The van der Waals surface area contributed by atoms with E-state index in [9.17, 15) is 9.59 Å². The van der Waals surface area contributed by atoms with Gasteiger partial charge in [-0.3, -0.25) is 14.4 Å². The van der Waals surface area contributed by atoms with Crippen molar-refractivity contribution in [1.82, 2.24) is 20.6 Å².